The molecule has 2 N–H and O–H groups in total. The van der Waals surface area contributed by atoms with Gasteiger partial charge in [0.1, 0.15) is 5.82 Å². The van der Waals surface area contributed by atoms with E-state index >= 15 is 0 Å². The van der Waals surface area contributed by atoms with Crippen molar-refractivity contribution in [3.63, 3.8) is 0 Å². The van der Waals surface area contributed by atoms with Gasteiger partial charge >= 0.3 is 0 Å². The lowest BCUT2D eigenvalue weighted by molar-refractivity contribution is -0.132. The van der Waals surface area contributed by atoms with Crippen LogP contribution in [0.15, 0.2) is 48.5 Å². The van der Waals surface area contributed by atoms with Crippen LogP contribution < -0.4 is 5.73 Å². The zero-order chi connectivity index (χ0) is 17.6. The number of nitrogens with two attached hydrogens (primary N) is 1. The number of hydrogen-bond acceptors (Lipinski definition) is 2. The van der Waals surface area contributed by atoms with Gasteiger partial charge in [-0.1, -0.05) is 30.3 Å². The van der Waals surface area contributed by atoms with Crippen LogP contribution in [-0.2, 0) is 17.6 Å². The zero-order valence-corrected chi connectivity index (χ0v) is 15.7. The summed E-state index contributed by atoms with van der Waals surface area (Å²) in [6.45, 7) is 1.59. The summed E-state index contributed by atoms with van der Waals surface area (Å²) in [7, 11) is 0. The van der Waals surface area contributed by atoms with Gasteiger partial charge in [-0.05, 0) is 60.9 Å². The molecule has 0 radical (unpaired) electrons. The highest BCUT2D eigenvalue weighted by molar-refractivity contribution is 5.85. The van der Waals surface area contributed by atoms with E-state index in [1.54, 1.807) is 12.1 Å². The third-order valence-corrected chi connectivity index (χ3v) is 5.04. The van der Waals surface area contributed by atoms with Crippen LogP contribution in [0.5, 0.6) is 0 Å². The van der Waals surface area contributed by atoms with E-state index in [0.717, 1.165) is 49.2 Å². The molecule has 0 aromatic heterocycles. The van der Waals surface area contributed by atoms with Crippen molar-refractivity contribution in [1.82, 2.24) is 4.90 Å². The highest BCUT2D eigenvalue weighted by atomic mass is 35.5. The molecule has 140 valence electrons. The molecule has 0 spiro atoms. The Bertz CT molecular complexity index is 729. The molecule has 1 saturated heterocycles. The minimum absolute atomic E-state index is 0. The normalized spacial score (nSPS) is 14.7. The summed E-state index contributed by atoms with van der Waals surface area (Å²) in [6.07, 6.45) is 4.04. The summed E-state index contributed by atoms with van der Waals surface area (Å²) < 4.78 is 13.3. The summed E-state index contributed by atoms with van der Waals surface area (Å²) in [4.78, 5) is 14.4. The third kappa shape index (κ3) is 5.46. The smallest absolute Gasteiger partial charge is 0.222 e. The van der Waals surface area contributed by atoms with Crippen LogP contribution in [0.3, 0.4) is 0 Å². The van der Waals surface area contributed by atoms with E-state index in [2.05, 4.69) is 0 Å². The SMILES string of the molecule is Cl.Nc1ccccc1CCC(=O)N1CCC(Cc2cccc(F)c2)CC1. The molecule has 3 nitrogen and oxygen atoms in total. The van der Waals surface area contributed by atoms with E-state index in [9.17, 15) is 9.18 Å². The first-order valence-electron chi connectivity index (χ1n) is 8.97. The molecular weight excluding hydrogens is 351 g/mol. The van der Waals surface area contributed by atoms with Gasteiger partial charge in [-0.2, -0.15) is 0 Å². The summed E-state index contributed by atoms with van der Waals surface area (Å²) in [5, 5.41) is 0. The average molecular weight is 377 g/mol. The van der Waals surface area contributed by atoms with Gasteiger partial charge in [0.15, 0.2) is 0 Å². The maximum atomic E-state index is 13.3. The molecule has 0 bridgehead atoms. The number of anilines is 1. The lowest BCUT2D eigenvalue weighted by Crippen LogP contribution is -2.39. The molecule has 3 rings (SSSR count). The van der Waals surface area contributed by atoms with Gasteiger partial charge in [-0.15, -0.1) is 12.4 Å². The summed E-state index contributed by atoms with van der Waals surface area (Å²) >= 11 is 0. The number of amides is 1. The van der Waals surface area contributed by atoms with E-state index < -0.39 is 0 Å². The van der Waals surface area contributed by atoms with E-state index in [1.807, 2.05) is 35.2 Å². The molecule has 2 aromatic rings. The number of nitrogen functional groups attached to an aromatic ring is 1. The van der Waals surface area contributed by atoms with Crippen LogP contribution >= 0.6 is 12.4 Å². The van der Waals surface area contributed by atoms with Crippen LogP contribution in [0.4, 0.5) is 10.1 Å². The molecule has 1 aliphatic heterocycles. The topological polar surface area (TPSA) is 46.3 Å². The lowest BCUT2D eigenvalue weighted by Gasteiger charge is -2.32. The number of hydrogen-bond donors (Lipinski definition) is 1. The average Bonchev–Trinajstić information content (AvgIpc) is 2.61. The molecule has 1 aliphatic rings. The summed E-state index contributed by atoms with van der Waals surface area (Å²) in [5.74, 6) is 0.549. The molecule has 1 fully saturated rings. The Kier molecular flexibility index (Phi) is 7.46. The van der Waals surface area contributed by atoms with Crippen LogP contribution in [0.2, 0.25) is 0 Å². The number of halogens is 2. The molecule has 0 atom stereocenters. The van der Waals surface area contributed by atoms with Crippen LogP contribution in [0, 0.1) is 11.7 Å². The molecule has 0 saturated carbocycles. The number of piperidine rings is 1. The highest BCUT2D eigenvalue weighted by Gasteiger charge is 2.22. The van der Waals surface area contributed by atoms with Crippen LogP contribution in [0.25, 0.3) is 0 Å². The summed E-state index contributed by atoms with van der Waals surface area (Å²) in [6, 6.07) is 14.5. The first-order chi connectivity index (χ1) is 12.1. The van der Waals surface area contributed by atoms with Gasteiger partial charge in [-0.25, -0.2) is 4.39 Å². The maximum absolute atomic E-state index is 13.3. The minimum Gasteiger partial charge on any atom is -0.399 e. The number of aryl methyl sites for hydroxylation is 1. The second-order valence-electron chi connectivity index (χ2n) is 6.86. The zero-order valence-electron chi connectivity index (χ0n) is 14.9. The fourth-order valence-electron chi connectivity index (χ4n) is 3.55. The number of benzene rings is 2. The third-order valence-electron chi connectivity index (χ3n) is 5.04. The van der Waals surface area contributed by atoms with Crippen molar-refractivity contribution in [2.45, 2.75) is 32.1 Å². The molecule has 2 aromatic carbocycles. The van der Waals surface area contributed by atoms with Gasteiger partial charge in [0.2, 0.25) is 5.91 Å². The Balaban J connectivity index is 0.00000243. The van der Waals surface area contributed by atoms with Gasteiger partial charge < -0.3 is 10.6 Å². The Morgan fingerprint density at radius 1 is 1.12 bits per heavy atom. The van der Waals surface area contributed by atoms with Crippen molar-refractivity contribution >= 4 is 24.0 Å². The largest absolute Gasteiger partial charge is 0.399 e. The van der Waals surface area contributed by atoms with Gasteiger partial charge in [0.05, 0.1) is 0 Å². The molecule has 5 heteroatoms. The monoisotopic (exact) mass is 376 g/mol. The van der Waals surface area contributed by atoms with Crippen LogP contribution in [-0.4, -0.2) is 23.9 Å². The van der Waals surface area contributed by atoms with Gasteiger partial charge in [0.25, 0.3) is 0 Å². The lowest BCUT2D eigenvalue weighted by atomic mass is 9.90. The van der Waals surface area contributed by atoms with E-state index in [0.29, 0.717) is 18.8 Å². The number of likely N-dealkylation sites (tertiary alicyclic amines) is 1. The number of rotatable bonds is 5. The van der Waals surface area contributed by atoms with Crippen molar-refractivity contribution in [3.05, 3.63) is 65.5 Å². The van der Waals surface area contributed by atoms with Crippen molar-refractivity contribution in [2.24, 2.45) is 5.92 Å². The number of carbonyl (C=O) groups is 1. The Labute approximate surface area is 160 Å². The van der Waals surface area contributed by atoms with Crippen LogP contribution in [0.1, 0.15) is 30.4 Å². The van der Waals surface area contributed by atoms with E-state index in [4.69, 9.17) is 5.73 Å². The molecule has 1 heterocycles. The van der Waals surface area contributed by atoms with Crippen molar-refractivity contribution in [3.8, 4) is 0 Å². The number of nitrogens with zero attached hydrogens (tertiary/aromatic N) is 1. The molecular formula is C21H26ClFN2O. The van der Waals surface area contributed by atoms with E-state index in [-0.39, 0.29) is 24.1 Å². The first-order valence-corrected chi connectivity index (χ1v) is 8.97. The molecule has 26 heavy (non-hydrogen) atoms. The predicted molar refractivity (Wildman–Crippen MR) is 106 cm³/mol. The molecule has 0 aliphatic carbocycles. The van der Waals surface area contributed by atoms with Crippen molar-refractivity contribution in [2.75, 3.05) is 18.8 Å². The quantitative estimate of drug-likeness (QED) is 0.793. The second-order valence-corrected chi connectivity index (χ2v) is 6.86. The number of para-hydroxylation sites is 1. The predicted octanol–water partition coefficient (Wildman–Crippen LogP) is 4.24. The number of carbonyl (C=O) groups excluding carboxylic acids is 1. The maximum Gasteiger partial charge on any atom is 0.222 e. The first kappa shape index (κ1) is 20.2. The second kappa shape index (κ2) is 9.58. The fraction of sp³-hybridized carbons (Fsp3) is 0.381. The Morgan fingerprint density at radius 2 is 1.85 bits per heavy atom. The molecule has 0 unspecified atom stereocenters. The van der Waals surface area contributed by atoms with Crippen molar-refractivity contribution < 1.29 is 9.18 Å². The Morgan fingerprint density at radius 3 is 2.54 bits per heavy atom. The Hall–Kier alpha value is -2.07. The van der Waals surface area contributed by atoms with Gasteiger partial charge in [-0.3, -0.25) is 4.79 Å². The van der Waals surface area contributed by atoms with E-state index in [1.165, 1.54) is 6.07 Å². The fourth-order valence-corrected chi connectivity index (χ4v) is 3.55. The van der Waals surface area contributed by atoms with Gasteiger partial charge in [0, 0.05) is 25.2 Å². The van der Waals surface area contributed by atoms with Crippen molar-refractivity contribution in [1.29, 1.82) is 0 Å². The standard InChI is InChI=1S/C21H25FN2O.ClH/c22-19-6-3-4-17(15-19)14-16-10-12-24(13-11-16)21(25)9-8-18-5-1-2-7-20(18)23;/h1-7,15-16H,8-14,23H2;1H. The summed E-state index contributed by atoms with van der Waals surface area (Å²) in [5.41, 5.74) is 8.77. The molecule has 1 amide bonds. The minimum atomic E-state index is -0.176. The highest BCUT2D eigenvalue weighted by Crippen LogP contribution is 2.23.